The van der Waals surface area contributed by atoms with Crippen LogP contribution in [0, 0.1) is 0 Å². The van der Waals surface area contributed by atoms with Crippen molar-refractivity contribution in [2.75, 3.05) is 36.2 Å². The number of thioether (sulfide) groups is 2. The number of esters is 2. The Labute approximate surface area is 97.4 Å². The molecule has 1 saturated heterocycles. The van der Waals surface area contributed by atoms with E-state index in [0.29, 0.717) is 13.2 Å². The fourth-order valence-corrected chi connectivity index (χ4v) is 2.72. The lowest BCUT2D eigenvalue weighted by Crippen LogP contribution is -2.15. The smallest absolute Gasteiger partial charge is 0.317 e. The molecule has 0 atom stereocenters. The molecule has 1 rings (SSSR count). The zero-order valence-corrected chi connectivity index (χ0v) is 10.0. The van der Waals surface area contributed by atoms with Crippen LogP contribution >= 0.6 is 23.5 Å². The summed E-state index contributed by atoms with van der Waals surface area (Å²) in [4.78, 5) is 22.1. The van der Waals surface area contributed by atoms with Gasteiger partial charge >= 0.3 is 11.9 Å². The minimum absolute atomic E-state index is 0.269. The lowest BCUT2D eigenvalue weighted by atomic mass is 10.4. The summed E-state index contributed by atoms with van der Waals surface area (Å²) >= 11 is 3.51. The Morgan fingerprint density at radius 1 is 0.800 bits per heavy atom. The van der Waals surface area contributed by atoms with E-state index in [0.717, 1.165) is 23.0 Å². The molecule has 1 aliphatic heterocycles. The summed E-state index contributed by atoms with van der Waals surface area (Å²) in [5, 5.41) is 0. The first-order valence-electron chi connectivity index (χ1n) is 4.76. The van der Waals surface area contributed by atoms with Crippen LogP contribution in [-0.2, 0) is 19.1 Å². The van der Waals surface area contributed by atoms with Crippen molar-refractivity contribution in [3.05, 3.63) is 0 Å². The summed E-state index contributed by atoms with van der Waals surface area (Å²) in [5.74, 6) is 2.68. The second-order valence-electron chi connectivity index (χ2n) is 2.84. The first-order valence-corrected chi connectivity index (χ1v) is 7.07. The first-order chi connectivity index (χ1) is 7.29. The SMILES string of the molecule is O=C1CC(=O)OCCSCCSCCO1. The molecule has 0 bridgehead atoms. The Morgan fingerprint density at radius 3 is 1.73 bits per heavy atom. The molecule has 15 heavy (non-hydrogen) atoms. The van der Waals surface area contributed by atoms with Crippen molar-refractivity contribution in [1.82, 2.24) is 0 Å². The number of ether oxygens (including phenoxy) is 2. The second-order valence-corrected chi connectivity index (χ2v) is 5.29. The number of carbonyl (C=O) groups is 2. The third-order valence-corrected chi connectivity index (χ3v) is 3.80. The highest BCUT2D eigenvalue weighted by molar-refractivity contribution is 8.02. The average Bonchev–Trinajstić information content (AvgIpc) is 2.21. The van der Waals surface area contributed by atoms with Gasteiger partial charge in [-0.05, 0) is 0 Å². The maximum atomic E-state index is 11.1. The maximum absolute atomic E-state index is 11.1. The number of hydrogen-bond acceptors (Lipinski definition) is 6. The van der Waals surface area contributed by atoms with E-state index in [4.69, 9.17) is 9.47 Å². The highest BCUT2D eigenvalue weighted by atomic mass is 32.2. The lowest BCUT2D eigenvalue weighted by Gasteiger charge is -2.03. The normalized spacial score (nSPS) is 21.6. The molecule has 0 unspecified atom stereocenters. The Balaban J connectivity index is 2.29. The van der Waals surface area contributed by atoms with E-state index in [1.807, 2.05) is 0 Å². The van der Waals surface area contributed by atoms with E-state index >= 15 is 0 Å². The summed E-state index contributed by atoms with van der Waals surface area (Å²) in [6.45, 7) is 0.753. The van der Waals surface area contributed by atoms with Crippen LogP contribution in [0.1, 0.15) is 6.42 Å². The molecule has 0 aromatic heterocycles. The molecule has 0 saturated carbocycles. The molecule has 1 fully saturated rings. The average molecular weight is 250 g/mol. The summed E-state index contributed by atoms with van der Waals surface area (Å²) in [7, 11) is 0. The molecule has 0 aromatic rings. The fraction of sp³-hybridized carbons (Fsp3) is 0.778. The second kappa shape index (κ2) is 7.87. The van der Waals surface area contributed by atoms with Crippen molar-refractivity contribution in [1.29, 1.82) is 0 Å². The van der Waals surface area contributed by atoms with Gasteiger partial charge in [-0.1, -0.05) is 0 Å². The van der Waals surface area contributed by atoms with Gasteiger partial charge in [-0.25, -0.2) is 0 Å². The third kappa shape index (κ3) is 6.67. The summed E-state index contributed by atoms with van der Waals surface area (Å²) in [6.07, 6.45) is -0.269. The van der Waals surface area contributed by atoms with Crippen molar-refractivity contribution in [3.63, 3.8) is 0 Å². The van der Waals surface area contributed by atoms with Crippen LogP contribution in [0.3, 0.4) is 0 Å². The molecule has 0 amide bonds. The Hall–Kier alpha value is -0.360. The van der Waals surface area contributed by atoms with Gasteiger partial charge in [-0.3, -0.25) is 9.59 Å². The van der Waals surface area contributed by atoms with Crippen LogP contribution in [0.15, 0.2) is 0 Å². The van der Waals surface area contributed by atoms with E-state index < -0.39 is 11.9 Å². The Morgan fingerprint density at radius 2 is 1.27 bits per heavy atom. The molecule has 1 aliphatic rings. The number of carbonyl (C=O) groups excluding carboxylic acids is 2. The van der Waals surface area contributed by atoms with E-state index in [9.17, 15) is 9.59 Å². The van der Waals surface area contributed by atoms with Crippen LogP contribution in [0.5, 0.6) is 0 Å². The highest BCUT2D eigenvalue weighted by Crippen LogP contribution is 2.08. The topological polar surface area (TPSA) is 52.6 Å². The molecular weight excluding hydrogens is 236 g/mol. The molecule has 1 heterocycles. The van der Waals surface area contributed by atoms with Gasteiger partial charge in [0.05, 0.1) is 0 Å². The largest absolute Gasteiger partial charge is 0.464 e. The molecule has 4 nitrogen and oxygen atoms in total. The van der Waals surface area contributed by atoms with Gasteiger partial charge in [0.15, 0.2) is 0 Å². The fourth-order valence-electron chi connectivity index (χ4n) is 0.971. The number of cyclic esters (lactones) is 2. The van der Waals surface area contributed by atoms with Gasteiger partial charge in [0.2, 0.25) is 0 Å². The number of rotatable bonds is 0. The van der Waals surface area contributed by atoms with Gasteiger partial charge in [-0.2, -0.15) is 23.5 Å². The van der Waals surface area contributed by atoms with Crippen LogP contribution in [0.4, 0.5) is 0 Å². The predicted molar refractivity (Wildman–Crippen MR) is 61.2 cm³/mol. The molecule has 0 radical (unpaired) electrons. The van der Waals surface area contributed by atoms with Crippen molar-refractivity contribution in [2.45, 2.75) is 6.42 Å². The van der Waals surface area contributed by atoms with Gasteiger partial charge in [0.25, 0.3) is 0 Å². The van der Waals surface area contributed by atoms with Crippen LogP contribution < -0.4 is 0 Å². The summed E-state index contributed by atoms with van der Waals surface area (Å²) < 4.78 is 9.72. The van der Waals surface area contributed by atoms with Crippen LogP contribution in [0.25, 0.3) is 0 Å². The van der Waals surface area contributed by atoms with Gasteiger partial charge < -0.3 is 9.47 Å². The summed E-state index contributed by atoms with van der Waals surface area (Å²) in [6, 6.07) is 0. The van der Waals surface area contributed by atoms with E-state index in [2.05, 4.69) is 0 Å². The monoisotopic (exact) mass is 250 g/mol. The molecule has 6 heteroatoms. The molecule has 0 N–H and O–H groups in total. The first kappa shape index (κ1) is 12.7. The lowest BCUT2D eigenvalue weighted by molar-refractivity contribution is -0.153. The molecule has 86 valence electrons. The van der Waals surface area contributed by atoms with Gasteiger partial charge in [-0.15, -0.1) is 0 Å². The minimum Gasteiger partial charge on any atom is -0.464 e. The van der Waals surface area contributed by atoms with Gasteiger partial charge in [0.1, 0.15) is 19.6 Å². The summed E-state index contributed by atoms with van der Waals surface area (Å²) in [5.41, 5.74) is 0. The maximum Gasteiger partial charge on any atom is 0.317 e. The number of hydrogen-bond donors (Lipinski definition) is 0. The van der Waals surface area contributed by atoms with Gasteiger partial charge in [0, 0.05) is 23.0 Å². The van der Waals surface area contributed by atoms with Crippen molar-refractivity contribution in [2.24, 2.45) is 0 Å². The van der Waals surface area contributed by atoms with Crippen LogP contribution in [0.2, 0.25) is 0 Å². The van der Waals surface area contributed by atoms with E-state index in [1.54, 1.807) is 23.5 Å². The predicted octanol–water partition coefficient (Wildman–Crippen LogP) is 0.943. The standard InChI is InChI=1S/C9H14O4S2/c10-8-7-9(11)13-2-4-15-6-5-14-3-1-12-8/h1-7H2. The molecule has 0 aromatic carbocycles. The Kier molecular flexibility index (Phi) is 6.67. The molecule has 0 spiro atoms. The van der Waals surface area contributed by atoms with Crippen LogP contribution in [-0.4, -0.2) is 48.2 Å². The highest BCUT2D eigenvalue weighted by Gasteiger charge is 2.12. The molecular formula is C9H14O4S2. The zero-order chi connectivity index (χ0) is 10.9. The zero-order valence-electron chi connectivity index (χ0n) is 8.40. The van der Waals surface area contributed by atoms with Crippen molar-refractivity contribution in [3.8, 4) is 0 Å². The molecule has 0 aliphatic carbocycles. The van der Waals surface area contributed by atoms with E-state index in [-0.39, 0.29) is 6.42 Å². The Bertz CT molecular complexity index is 198. The quantitative estimate of drug-likeness (QED) is 0.471. The van der Waals surface area contributed by atoms with Crippen molar-refractivity contribution >= 4 is 35.5 Å². The third-order valence-electron chi connectivity index (χ3n) is 1.64. The minimum atomic E-state index is -0.493. The van der Waals surface area contributed by atoms with E-state index in [1.165, 1.54) is 0 Å². The van der Waals surface area contributed by atoms with Crippen molar-refractivity contribution < 1.29 is 19.1 Å².